The number of carbonyl (C=O) groups excluding carboxylic acids is 1. The number of nitro groups is 1. The molecule has 1 unspecified atom stereocenters. The summed E-state index contributed by atoms with van der Waals surface area (Å²) in [5, 5.41) is 22.9. The van der Waals surface area contributed by atoms with Gasteiger partial charge in [0.2, 0.25) is 5.91 Å². The molecule has 0 aliphatic carbocycles. The van der Waals surface area contributed by atoms with Crippen molar-refractivity contribution in [2.45, 2.75) is 31.3 Å². The van der Waals surface area contributed by atoms with Crippen LogP contribution in [-0.2, 0) is 27.7 Å². The highest BCUT2D eigenvalue weighted by Gasteiger charge is 2.25. The summed E-state index contributed by atoms with van der Waals surface area (Å²) in [6, 6.07) is 14.5. The van der Waals surface area contributed by atoms with Crippen LogP contribution in [-0.4, -0.2) is 58.1 Å². The minimum Gasteiger partial charge on any atom is -0.395 e. The summed E-state index contributed by atoms with van der Waals surface area (Å²) < 4.78 is 25.2. The van der Waals surface area contributed by atoms with E-state index in [1.807, 2.05) is 36.4 Å². The van der Waals surface area contributed by atoms with Gasteiger partial charge in [0.25, 0.3) is 5.69 Å². The number of benzene rings is 1. The van der Waals surface area contributed by atoms with Gasteiger partial charge in [-0.3, -0.25) is 29.8 Å². The molecule has 11 nitrogen and oxygen atoms in total. The number of hydrogen-bond donors (Lipinski definition) is 2. The number of aliphatic hydroxyl groups is 1. The van der Waals surface area contributed by atoms with Crippen LogP contribution in [0.25, 0.3) is 0 Å². The Morgan fingerprint density at radius 1 is 1.10 bits per heavy atom. The number of hydrogen-bond acceptors (Lipinski definition) is 9. The highest BCUT2D eigenvalue weighted by atomic mass is 32.2. The predicted octanol–water partition coefficient (Wildman–Crippen LogP) is 3.37. The van der Waals surface area contributed by atoms with Gasteiger partial charge in [0.1, 0.15) is 0 Å². The van der Waals surface area contributed by atoms with Crippen LogP contribution in [0.4, 0.5) is 11.4 Å². The van der Waals surface area contributed by atoms with Gasteiger partial charge in [-0.25, -0.2) is 8.42 Å². The number of aromatic nitrogens is 2. The lowest BCUT2D eigenvalue weighted by atomic mass is 9.98. The fourth-order valence-electron chi connectivity index (χ4n) is 3.83. The number of amides is 1. The van der Waals surface area contributed by atoms with Crippen molar-refractivity contribution in [3.8, 4) is 0 Å². The van der Waals surface area contributed by atoms with Crippen LogP contribution in [0.15, 0.2) is 84.0 Å². The van der Waals surface area contributed by atoms with E-state index in [0.29, 0.717) is 31.6 Å². The summed E-state index contributed by atoms with van der Waals surface area (Å²) in [5.41, 5.74) is 1.78. The van der Waals surface area contributed by atoms with Crippen LogP contribution in [0.1, 0.15) is 24.7 Å². The molecule has 0 saturated carbocycles. The molecule has 0 bridgehead atoms. The molecular weight excluding hydrogens is 522 g/mol. The molecule has 0 spiro atoms. The van der Waals surface area contributed by atoms with E-state index in [1.54, 1.807) is 19.3 Å². The molecule has 0 aliphatic rings. The third-order valence-corrected chi connectivity index (χ3v) is 7.85. The SMILES string of the molecule is C=C(CCN(Cc1ccccn1)Cc1ccccn1)C(C)C(=O)Nc1cc([N+](=O)[O-])ccc1S(=O)(=O)CCO. The predicted molar refractivity (Wildman–Crippen MR) is 146 cm³/mol. The minimum atomic E-state index is -3.98. The van der Waals surface area contributed by atoms with Crippen molar-refractivity contribution in [1.29, 1.82) is 0 Å². The fourth-order valence-corrected chi connectivity index (χ4v) is 5.01. The summed E-state index contributed by atoms with van der Waals surface area (Å²) in [6.45, 7) is 6.75. The lowest BCUT2D eigenvalue weighted by Gasteiger charge is -2.23. The zero-order chi connectivity index (χ0) is 28.4. The highest BCUT2D eigenvalue weighted by Crippen LogP contribution is 2.28. The van der Waals surface area contributed by atoms with Crippen molar-refractivity contribution < 1.29 is 23.2 Å². The van der Waals surface area contributed by atoms with E-state index in [4.69, 9.17) is 5.11 Å². The first-order valence-corrected chi connectivity index (χ1v) is 13.9. The Bertz CT molecular complexity index is 1360. The van der Waals surface area contributed by atoms with Crippen molar-refractivity contribution in [2.75, 3.05) is 24.2 Å². The molecule has 0 aliphatic heterocycles. The molecule has 0 saturated heterocycles. The van der Waals surface area contributed by atoms with Gasteiger partial charge in [-0.05, 0) is 43.7 Å². The molecule has 2 aromatic heterocycles. The molecule has 2 N–H and O–H groups in total. The Balaban J connectivity index is 1.72. The molecule has 2 heterocycles. The Morgan fingerprint density at radius 2 is 1.72 bits per heavy atom. The van der Waals surface area contributed by atoms with Gasteiger partial charge in [-0.1, -0.05) is 24.3 Å². The van der Waals surface area contributed by atoms with Crippen LogP contribution >= 0.6 is 0 Å². The lowest BCUT2D eigenvalue weighted by molar-refractivity contribution is -0.384. The number of non-ortho nitro benzene ring substituents is 1. The number of rotatable bonds is 14. The van der Waals surface area contributed by atoms with Crippen LogP contribution in [0.3, 0.4) is 0 Å². The Kier molecular flexibility index (Phi) is 10.4. The van der Waals surface area contributed by atoms with E-state index >= 15 is 0 Å². The molecule has 3 rings (SSSR count). The molecule has 1 aromatic carbocycles. The second kappa shape index (κ2) is 13.7. The van der Waals surface area contributed by atoms with Crippen LogP contribution < -0.4 is 5.32 Å². The molecule has 12 heteroatoms. The first-order valence-electron chi connectivity index (χ1n) is 12.2. The average Bonchev–Trinajstić information content (AvgIpc) is 2.92. The van der Waals surface area contributed by atoms with E-state index < -0.39 is 38.9 Å². The summed E-state index contributed by atoms with van der Waals surface area (Å²) in [6.07, 6.45) is 3.91. The zero-order valence-electron chi connectivity index (χ0n) is 21.6. The molecule has 1 atom stereocenters. The van der Waals surface area contributed by atoms with Gasteiger partial charge in [-0.2, -0.15) is 0 Å². The van der Waals surface area contributed by atoms with Crippen LogP contribution in [0.2, 0.25) is 0 Å². The van der Waals surface area contributed by atoms with Gasteiger partial charge in [0.15, 0.2) is 9.84 Å². The highest BCUT2D eigenvalue weighted by molar-refractivity contribution is 7.91. The van der Waals surface area contributed by atoms with Gasteiger partial charge in [0, 0.05) is 44.2 Å². The number of sulfone groups is 1. The summed E-state index contributed by atoms with van der Waals surface area (Å²) >= 11 is 0. The Hall–Kier alpha value is -4.00. The largest absolute Gasteiger partial charge is 0.395 e. The number of nitrogens with one attached hydrogen (secondary N) is 1. The number of pyridine rings is 2. The van der Waals surface area contributed by atoms with Crippen molar-refractivity contribution >= 4 is 27.1 Å². The third kappa shape index (κ3) is 8.50. The first-order chi connectivity index (χ1) is 18.6. The van der Waals surface area contributed by atoms with E-state index in [-0.39, 0.29) is 16.3 Å². The van der Waals surface area contributed by atoms with Gasteiger partial charge in [0.05, 0.1) is 45.2 Å². The number of carbonyl (C=O) groups is 1. The van der Waals surface area contributed by atoms with E-state index in [9.17, 15) is 23.3 Å². The van der Waals surface area contributed by atoms with E-state index in [1.165, 1.54) is 0 Å². The molecule has 0 radical (unpaired) electrons. The maximum atomic E-state index is 13.1. The first kappa shape index (κ1) is 29.6. The summed E-state index contributed by atoms with van der Waals surface area (Å²) in [5.74, 6) is -1.86. The van der Waals surface area contributed by atoms with Crippen molar-refractivity contribution in [1.82, 2.24) is 14.9 Å². The quantitative estimate of drug-likeness (QED) is 0.174. The smallest absolute Gasteiger partial charge is 0.271 e. The van der Waals surface area contributed by atoms with Crippen molar-refractivity contribution in [2.24, 2.45) is 5.92 Å². The topological polar surface area (TPSA) is 156 Å². The normalized spacial score (nSPS) is 12.2. The molecule has 39 heavy (non-hydrogen) atoms. The Labute approximate surface area is 227 Å². The maximum absolute atomic E-state index is 13.1. The van der Waals surface area contributed by atoms with Crippen molar-refractivity contribution in [3.05, 3.63) is 101 Å². The number of nitro benzene ring substituents is 1. The van der Waals surface area contributed by atoms with Crippen molar-refractivity contribution in [3.63, 3.8) is 0 Å². The van der Waals surface area contributed by atoms with Gasteiger partial charge >= 0.3 is 0 Å². The standard InChI is InChI=1S/C27H31N5O6S/c1-20(11-14-31(18-22-7-3-5-12-28-22)19-23-8-4-6-13-29-23)21(2)27(34)30-25-17-24(32(35)36)9-10-26(25)39(37,38)16-15-33/h3-10,12-13,17,21,33H,1,11,14-16,18-19H2,2H3,(H,30,34). The van der Waals surface area contributed by atoms with Crippen LogP contribution in [0, 0.1) is 16.0 Å². The molecular formula is C27H31N5O6S. The number of aliphatic hydroxyl groups excluding tert-OH is 1. The second-order valence-corrected chi connectivity index (χ2v) is 11.0. The fraction of sp³-hybridized carbons (Fsp3) is 0.296. The molecule has 1 amide bonds. The second-order valence-electron chi connectivity index (χ2n) is 8.95. The summed E-state index contributed by atoms with van der Waals surface area (Å²) in [4.78, 5) is 34.3. The lowest BCUT2D eigenvalue weighted by Crippen LogP contribution is -2.28. The number of anilines is 1. The third-order valence-electron chi connectivity index (χ3n) is 6.11. The van der Waals surface area contributed by atoms with E-state index in [0.717, 1.165) is 29.6 Å². The van der Waals surface area contributed by atoms with Gasteiger partial charge in [-0.15, -0.1) is 0 Å². The van der Waals surface area contributed by atoms with Gasteiger partial charge < -0.3 is 10.4 Å². The van der Waals surface area contributed by atoms with E-state index in [2.05, 4.69) is 26.8 Å². The Morgan fingerprint density at radius 3 is 2.23 bits per heavy atom. The number of nitrogens with zero attached hydrogens (tertiary/aromatic N) is 4. The van der Waals surface area contributed by atoms with Crippen LogP contribution in [0.5, 0.6) is 0 Å². The molecule has 3 aromatic rings. The monoisotopic (exact) mass is 553 g/mol. The molecule has 206 valence electrons. The zero-order valence-corrected chi connectivity index (χ0v) is 22.4. The average molecular weight is 554 g/mol. The summed E-state index contributed by atoms with van der Waals surface area (Å²) in [7, 11) is -3.98. The minimum absolute atomic E-state index is 0.214. The maximum Gasteiger partial charge on any atom is 0.271 e. The molecule has 0 fully saturated rings.